The van der Waals surface area contributed by atoms with Gasteiger partial charge in [0.05, 0.1) is 21.6 Å². The second-order valence-electron chi connectivity index (χ2n) is 5.88. The maximum Gasteiger partial charge on any atom is 0.253 e. The number of benzene rings is 2. The van der Waals surface area contributed by atoms with Crippen LogP contribution in [0.3, 0.4) is 0 Å². The Morgan fingerprint density at radius 2 is 1.93 bits per heavy atom. The van der Waals surface area contributed by atoms with Crippen molar-refractivity contribution in [3.8, 4) is 0 Å². The van der Waals surface area contributed by atoms with Gasteiger partial charge >= 0.3 is 0 Å². The van der Waals surface area contributed by atoms with Gasteiger partial charge in [-0.2, -0.15) is 11.8 Å². The van der Waals surface area contributed by atoms with Gasteiger partial charge in [-0.15, -0.1) is 0 Å². The summed E-state index contributed by atoms with van der Waals surface area (Å²) in [6, 6.07) is 13.5. The average molecular weight is 403 g/mol. The van der Waals surface area contributed by atoms with Crippen molar-refractivity contribution in [1.29, 1.82) is 0 Å². The molecule has 8 heteroatoms. The molecule has 1 heterocycles. The van der Waals surface area contributed by atoms with Gasteiger partial charge in [0.25, 0.3) is 5.91 Å². The summed E-state index contributed by atoms with van der Waals surface area (Å²) < 4.78 is 0. The van der Waals surface area contributed by atoms with E-state index in [1.54, 1.807) is 36.0 Å². The molecule has 0 aliphatic rings. The first kappa shape index (κ1) is 19.3. The Kier molecular flexibility index (Phi) is 6.36. The number of nitrogens with zero attached hydrogens (tertiary/aromatic N) is 1. The quantitative estimate of drug-likeness (QED) is 0.562. The number of H-pyrrole nitrogens is 1. The fraction of sp³-hybridized carbons (Fsp3) is 0.211. The van der Waals surface area contributed by atoms with Gasteiger partial charge in [-0.3, -0.25) is 14.9 Å². The number of para-hydroxylation sites is 2. The number of nitrogens with one attached hydrogen (secondary N) is 3. The molecular formula is C19H19ClN4O2S. The van der Waals surface area contributed by atoms with Crippen LogP contribution in [0.5, 0.6) is 0 Å². The number of carbonyl (C=O) groups is 2. The summed E-state index contributed by atoms with van der Waals surface area (Å²) >= 11 is 7.68. The van der Waals surface area contributed by atoms with E-state index in [0.717, 1.165) is 16.8 Å². The van der Waals surface area contributed by atoms with Gasteiger partial charge in [0, 0.05) is 0 Å². The highest BCUT2D eigenvalue weighted by atomic mass is 35.5. The van der Waals surface area contributed by atoms with Crippen LogP contribution in [0.15, 0.2) is 48.5 Å². The lowest BCUT2D eigenvalue weighted by Crippen LogP contribution is -2.44. The topological polar surface area (TPSA) is 86.9 Å². The number of halogens is 1. The van der Waals surface area contributed by atoms with Gasteiger partial charge in [-0.1, -0.05) is 35.9 Å². The molecule has 27 heavy (non-hydrogen) atoms. The van der Waals surface area contributed by atoms with Crippen molar-refractivity contribution in [2.45, 2.75) is 12.5 Å². The lowest BCUT2D eigenvalue weighted by atomic mass is 10.1. The Bertz CT molecular complexity index is 927. The van der Waals surface area contributed by atoms with E-state index < -0.39 is 6.04 Å². The van der Waals surface area contributed by atoms with Crippen LogP contribution in [-0.4, -0.2) is 39.8 Å². The fourth-order valence-corrected chi connectivity index (χ4v) is 3.29. The molecule has 6 nitrogen and oxygen atoms in total. The number of aromatic nitrogens is 2. The smallest absolute Gasteiger partial charge is 0.253 e. The predicted octanol–water partition coefficient (Wildman–Crippen LogP) is 3.71. The third-order valence-electron chi connectivity index (χ3n) is 3.98. The second kappa shape index (κ2) is 8.92. The van der Waals surface area contributed by atoms with Crippen LogP contribution in [0.1, 0.15) is 16.8 Å². The molecule has 0 aliphatic heterocycles. The van der Waals surface area contributed by atoms with E-state index in [2.05, 4.69) is 20.6 Å². The molecule has 0 spiro atoms. The van der Waals surface area contributed by atoms with Crippen molar-refractivity contribution in [2.75, 3.05) is 17.3 Å². The highest BCUT2D eigenvalue weighted by Gasteiger charge is 2.23. The normalized spacial score (nSPS) is 11.9. The molecule has 0 bridgehead atoms. The van der Waals surface area contributed by atoms with Crippen molar-refractivity contribution >= 4 is 52.2 Å². The van der Waals surface area contributed by atoms with Gasteiger partial charge in [0.15, 0.2) is 0 Å². The summed E-state index contributed by atoms with van der Waals surface area (Å²) in [5.74, 6) is 0.360. The molecule has 1 unspecified atom stereocenters. The Hall–Kier alpha value is -2.51. The number of hydrogen-bond donors (Lipinski definition) is 3. The molecule has 2 aromatic carbocycles. The van der Waals surface area contributed by atoms with E-state index >= 15 is 0 Å². The van der Waals surface area contributed by atoms with Crippen molar-refractivity contribution < 1.29 is 9.59 Å². The van der Waals surface area contributed by atoms with Crippen molar-refractivity contribution in [1.82, 2.24) is 15.3 Å². The zero-order valence-corrected chi connectivity index (χ0v) is 16.2. The number of carbonyl (C=O) groups excluding carboxylic acids is 2. The SMILES string of the molecule is CSCCC(NC(=O)c1ccccc1Cl)C(=O)Nc1nc2ccccc2[nH]1. The summed E-state index contributed by atoms with van der Waals surface area (Å²) in [5, 5.41) is 5.87. The van der Waals surface area contributed by atoms with Crippen LogP contribution in [0.2, 0.25) is 5.02 Å². The predicted molar refractivity (Wildman–Crippen MR) is 110 cm³/mol. The summed E-state index contributed by atoms with van der Waals surface area (Å²) in [7, 11) is 0. The minimum Gasteiger partial charge on any atom is -0.340 e. The van der Waals surface area contributed by atoms with Crippen LogP contribution in [-0.2, 0) is 4.79 Å². The molecule has 1 atom stereocenters. The zero-order valence-electron chi connectivity index (χ0n) is 14.7. The first-order valence-electron chi connectivity index (χ1n) is 8.38. The Morgan fingerprint density at radius 1 is 1.19 bits per heavy atom. The summed E-state index contributed by atoms with van der Waals surface area (Å²) in [6.07, 6.45) is 2.44. The van der Waals surface area contributed by atoms with Gasteiger partial charge in [-0.05, 0) is 42.7 Å². The van der Waals surface area contributed by atoms with Crippen LogP contribution in [0.25, 0.3) is 11.0 Å². The first-order valence-corrected chi connectivity index (χ1v) is 10.2. The molecule has 3 rings (SSSR count). The highest BCUT2D eigenvalue weighted by molar-refractivity contribution is 7.98. The van der Waals surface area contributed by atoms with Crippen LogP contribution >= 0.6 is 23.4 Å². The van der Waals surface area contributed by atoms with Crippen LogP contribution in [0, 0.1) is 0 Å². The third-order valence-corrected chi connectivity index (χ3v) is 4.96. The van der Waals surface area contributed by atoms with E-state index in [1.165, 1.54) is 0 Å². The number of aromatic amines is 1. The standard InChI is InChI=1S/C19H19ClN4O2S/c1-27-11-10-16(21-17(25)12-6-2-3-7-13(12)20)18(26)24-19-22-14-8-4-5-9-15(14)23-19/h2-9,16H,10-11H2,1H3,(H,21,25)(H2,22,23,24,26). The number of anilines is 1. The minimum absolute atomic E-state index is 0.330. The molecule has 0 fully saturated rings. The molecule has 0 radical (unpaired) electrons. The van der Waals surface area contributed by atoms with E-state index in [9.17, 15) is 9.59 Å². The first-order chi connectivity index (χ1) is 13.1. The molecule has 3 N–H and O–H groups in total. The Labute approximate surface area is 166 Å². The lowest BCUT2D eigenvalue weighted by molar-refractivity contribution is -0.118. The number of rotatable bonds is 7. The monoisotopic (exact) mass is 402 g/mol. The molecule has 140 valence electrons. The highest BCUT2D eigenvalue weighted by Crippen LogP contribution is 2.16. The molecule has 3 aromatic rings. The van der Waals surface area contributed by atoms with Gasteiger partial charge < -0.3 is 10.3 Å². The number of hydrogen-bond acceptors (Lipinski definition) is 4. The van der Waals surface area contributed by atoms with E-state index in [1.807, 2.05) is 30.5 Å². The lowest BCUT2D eigenvalue weighted by Gasteiger charge is -2.17. The maximum absolute atomic E-state index is 12.7. The van der Waals surface area contributed by atoms with Gasteiger partial charge in [-0.25, -0.2) is 4.98 Å². The van der Waals surface area contributed by atoms with Crippen molar-refractivity contribution in [2.24, 2.45) is 0 Å². The third kappa shape index (κ3) is 4.81. The van der Waals surface area contributed by atoms with Crippen molar-refractivity contribution in [3.05, 3.63) is 59.1 Å². The van der Waals surface area contributed by atoms with Crippen LogP contribution < -0.4 is 10.6 Å². The Morgan fingerprint density at radius 3 is 2.67 bits per heavy atom. The van der Waals surface area contributed by atoms with Gasteiger partial charge in [0.2, 0.25) is 11.9 Å². The molecule has 0 aliphatic carbocycles. The maximum atomic E-state index is 12.7. The molecule has 2 amide bonds. The summed E-state index contributed by atoms with van der Waals surface area (Å²) in [5.41, 5.74) is 1.92. The summed E-state index contributed by atoms with van der Waals surface area (Å²) in [4.78, 5) is 32.6. The zero-order chi connectivity index (χ0) is 19.2. The van der Waals surface area contributed by atoms with Crippen molar-refractivity contribution in [3.63, 3.8) is 0 Å². The number of thioether (sulfide) groups is 1. The number of fused-ring (bicyclic) bond motifs is 1. The minimum atomic E-state index is -0.700. The van der Waals surface area contributed by atoms with E-state index in [-0.39, 0.29) is 11.8 Å². The fourth-order valence-electron chi connectivity index (χ4n) is 2.60. The number of amides is 2. The van der Waals surface area contributed by atoms with Crippen LogP contribution in [0.4, 0.5) is 5.95 Å². The Balaban J connectivity index is 1.73. The molecular weight excluding hydrogens is 384 g/mol. The van der Waals surface area contributed by atoms with E-state index in [4.69, 9.17) is 11.6 Å². The molecule has 0 saturated heterocycles. The largest absolute Gasteiger partial charge is 0.340 e. The molecule has 1 aromatic heterocycles. The number of imidazole rings is 1. The van der Waals surface area contributed by atoms with Gasteiger partial charge in [0.1, 0.15) is 6.04 Å². The molecule has 0 saturated carbocycles. The average Bonchev–Trinajstić information content (AvgIpc) is 3.07. The van der Waals surface area contributed by atoms with E-state index in [0.29, 0.717) is 23.0 Å². The summed E-state index contributed by atoms with van der Waals surface area (Å²) in [6.45, 7) is 0. The second-order valence-corrected chi connectivity index (χ2v) is 7.27.